The van der Waals surface area contributed by atoms with Gasteiger partial charge in [-0.05, 0) is 44.2 Å². The van der Waals surface area contributed by atoms with Gasteiger partial charge in [0.1, 0.15) is 5.82 Å². The van der Waals surface area contributed by atoms with Crippen molar-refractivity contribution in [2.75, 3.05) is 19.6 Å². The second-order valence-electron chi connectivity index (χ2n) is 6.37. The first-order chi connectivity index (χ1) is 11.1. The van der Waals surface area contributed by atoms with Crippen molar-refractivity contribution >= 4 is 11.8 Å². The second kappa shape index (κ2) is 7.04. The van der Waals surface area contributed by atoms with E-state index in [1.54, 1.807) is 0 Å². The molecule has 1 atom stereocenters. The van der Waals surface area contributed by atoms with Gasteiger partial charge in [-0.25, -0.2) is 9.97 Å². The van der Waals surface area contributed by atoms with E-state index in [4.69, 9.17) is 5.73 Å². The Balaban J connectivity index is 1.51. The Kier molecular flexibility index (Phi) is 4.85. The van der Waals surface area contributed by atoms with E-state index >= 15 is 0 Å². The molecule has 1 fully saturated rings. The molecule has 124 valence electrons. The molecule has 2 aliphatic rings. The van der Waals surface area contributed by atoms with Crippen LogP contribution in [0.1, 0.15) is 36.3 Å². The van der Waals surface area contributed by atoms with Crippen LogP contribution in [0.3, 0.4) is 0 Å². The number of nitrogens with zero attached hydrogens (tertiary/aromatic N) is 3. The third kappa shape index (κ3) is 4.04. The summed E-state index contributed by atoms with van der Waals surface area (Å²) in [4.78, 5) is 34.1. The molecule has 7 nitrogen and oxygen atoms in total. The number of likely N-dealkylation sites (tertiary alicyclic amines) is 1. The highest BCUT2D eigenvalue weighted by Gasteiger charge is 2.26. The van der Waals surface area contributed by atoms with Crippen LogP contribution in [0, 0.1) is 5.92 Å². The summed E-state index contributed by atoms with van der Waals surface area (Å²) in [5.74, 6) is 0.224. The van der Waals surface area contributed by atoms with Crippen LogP contribution in [0.5, 0.6) is 0 Å². The zero-order chi connectivity index (χ0) is 16.2. The van der Waals surface area contributed by atoms with Crippen molar-refractivity contribution in [1.82, 2.24) is 20.2 Å². The zero-order valence-corrected chi connectivity index (χ0v) is 13.3. The summed E-state index contributed by atoms with van der Waals surface area (Å²) < 4.78 is 0. The maximum atomic E-state index is 12.3. The fraction of sp³-hybridized carbons (Fsp3) is 0.625. The zero-order valence-electron chi connectivity index (χ0n) is 13.3. The molecule has 0 aromatic carbocycles. The summed E-state index contributed by atoms with van der Waals surface area (Å²) >= 11 is 0. The second-order valence-corrected chi connectivity index (χ2v) is 6.37. The molecule has 3 N–H and O–H groups in total. The first-order valence-corrected chi connectivity index (χ1v) is 8.24. The molecule has 0 spiro atoms. The Morgan fingerprint density at radius 2 is 2.22 bits per heavy atom. The first-order valence-electron chi connectivity index (χ1n) is 8.24. The summed E-state index contributed by atoms with van der Waals surface area (Å²) in [5, 5.41) is 2.93. The number of aryl methyl sites for hydroxylation is 2. The summed E-state index contributed by atoms with van der Waals surface area (Å²) in [7, 11) is 0. The average Bonchev–Trinajstić information content (AvgIpc) is 3.00. The van der Waals surface area contributed by atoms with Gasteiger partial charge in [0.2, 0.25) is 11.8 Å². The van der Waals surface area contributed by atoms with Crippen LogP contribution in [-0.4, -0.2) is 46.3 Å². The fourth-order valence-corrected chi connectivity index (χ4v) is 3.38. The minimum atomic E-state index is -0.349. The lowest BCUT2D eigenvalue weighted by Crippen LogP contribution is -2.45. The molecule has 1 saturated heterocycles. The van der Waals surface area contributed by atoms with Gasteiger partial charge in [-0.1, -0.05) is 0 Å². The minimum Gasteiger partial charge on any atom is -0.369 e. The number of piperidine rings is 1. The highest BCUT2D eigenvalue weighted by Crippen LogP contribution is 2.19. The van der Waals surface area contributed by atoms with Crippen molar-refractivity contribution in [3.8, 4) is 0 Å². The number of aromatic nitrogens is 2. The summed E-state index contributed by atoms with van der Waals surface area (Å²) in [5.41, 5.74) is 7.58. The normalized spacial score (nSPS) is 21.0. The lowest BCUT2D eigenvalue weighted by molar-refractivity contribution is -0.128. The lowest BCUT2D eigenvalue weighted by atomic mass is 9.97. The number of nitrogens with one attached hydrogen (secondary N) is 1. The van der Waals surface area contributed by atoms with Gasteiger partial charge in [-0.15, -0.1) is 0 Å². The molecule has 1 aromatic heterocycles. The van der Waals surface area contributed by atoms with E-state index in [1.807, 2.05) is 11.1 Å². The Bertz CT molecular complexity index is 604. The molecule has 0 saturated carbocycles. The number of carbonyl (C=O) groups is 2. The monoisotopic (exact) mass is 317 g/mol. The summed E-state index contributed by atoms with van der Waals surface area (Å²) in [6, 6.07) is 0. The van der Waals surface area contributed by atoms with Crippen LogP contribution in [0.2, 0.25) is 0 Å². The quantitative estimate of drug-likeness (QED) is 0.782. The maximum absolute atomic E-state index is 12.3. The van der Waals surface area contributed by atoms with E-state index in [1.165, 1.54) is 5.56 Å². The van der Waals surface area contributed by atoms with E-state index in [0.29, 0.717) is 18.9 Å². The van der Waals surface area contributed by atoms with Crippen LogP contribution in [0.4, 0.5) is 0 Å². The van der Waals surface area contributed by atoms with Crippen molar-refractivity contribution in [1.29, 1.82) is 0 Å². The van der Waals surface area contributed by atoms with Crippen LogP contribution >= 0.6 is 0 Å². The van der Waals surface area contributed by atoms with Gasteiger partial charge in [0.25, 0.3) is 0 Å². The average molecular weight is 317 g/mol. The Morgan fingerprint density at radius 3 is 3.04 bits per heavy atom. The lowest BCUT2D eigenvalue weighted by Gasteiger charge is -2.30. The molecule has 1 aliphatic carbocycles. The summed E-state index contributed by atoms with van der Waals surface area (Å²) in [6.07, 6.45) is 6.82. The topological polar surface area (TPSA) is 101 Å². The van der Waals surface area contributed by atoms with Gasteiger partial charge in [-0.3, -0.25) is 14.5 Å². The van der Waals surface area contributed by atoms with E-state index < -0.39 is 0 Å². The molecule has 0 radical (unpaired) electrons. The Morgan fingerprint density at radius 1 is 1.35 bits per heavy atom. The van der Waals surface area contributed by atoms with Crippen molar-refractivity contribution in [3.63, 3.8) is 0 Å². The van der Waals surface area contributed by atoms with E-state index in [0.717, 1.165) is 44.3 Å². The smallest absolute Gasteiger partial charge is 0.231 e. The number of hydrogen-bond donors (Lipinski definition) is 2. The molecule has 0 bridgehead atoms. The van der Waals surface area contributed by atoms with Crippen LogP contribution in [0.15, 0.2) is 6.20 Å². The number of primary amides is 1. The highest BCUT2D eigenvalue weighted by atomic mass is 16.2. The molecule has 1 aliphatic heterocycles. The van der Waals surface area contributed by atoms with Gasteiger partial charge in [0.15, 0.2) is 0 Å². The largest absolute Gasteiger partial charge is 0.369 e. The predicted octanol–water partition coefficient (Wildman–Crippen LogP) is -0.221. The first kappa shape index (κ1) is 15.9. The van der Waals surface area contributed by atoms with E-state index in [-0.39, 0.29) is 24.3 Å². The highest BCUT2D eigenvalue weighted by molar-refractivity contribution is 5.79. The number of fused-ring (bicyclic) bond motifs is 1. The van der Waals surface area contributed by atoms with Crippen LogP contribution < -0.4 is 11.1 Å². The molecule has 23 heavy (non-hydrogen) atoms. The van der Waals surface area contributed by atoms with Crippen LogP contribution in [-0.2, 0) is 29.0 Å². The van der Waals surface area contributed by atoms with Crippen LogP contribution in [0.25, 0.3) is 0 Å². The third-order valence-corrected chi connectivity index (χ3v) is 4.54. The van der Waals surface area contributed by atoms with Gasteiger partial charge in [0, 0.05) is 18.4 Å². The van der Waals surface area contributed by atoms with E-state index in [2.05, 4.69) is 15.3 Å². The Labute approximate surface area is 135 Å². The standard InChI is InChI=1S/C16H23N5O2/c17-14(22)10-21-6-2-4-12(9-21)16(23)19-8-15-18-7-11-3-1-5-13(11)20-15/h7,12H,1-6,8-10H2,(H2,17,22)(H,19,23)/t12-/m1/s1. The van der Waals surface area contributed by atoms with E-state index in [9.17, 15) is 9.59 Å². The molecule has 2 heterocycles. The van der Waals surface area contributed by atoms with Gasteiger partial charge >= 0.3 is 0 Å². The molecule has 7 heteroatoms. The minimum absolute atomic E-state index is 0.00303. The van der Waals surface area contributed by atoms with Crippen molar-refractivity contribution in [2.24, 2.45) is 11.7 Å². The molecule has 3 rings (SSSR count). The summed E-state index contributed by atoms with van der Waals surface area (Å²) in [6.45, 7) is 1.98. The predicted molar refractivity (Wildman–Crippen MR) is 84.3 cm³/mol. The SMILES string of the molecule is NC(=O)CN1CCC[C@@H](C(=O)NCc2ncc3c(n2)CCC3)C1. The molecule has 1 aromatic rings. The number of nitrogens with two attached hydrogens (primary N) is 1. The fourth-order valence-electron chi connectivity index (χ4n) is 3.38. The molecule has 0 unspecified atom stereocenters. The van der Waals surface area contributed by atoms with Gasteiger partial charge in [0.05, 0.1) is 19.0 Å². The van der Waals surface area contributed by atoms with Crippen molar-refractivity contribution in [2.45, 2.75) is 38.6 Å². The Hall–Kier alpha value is -2.02. The number of rotatable bonds is 5. The maximum Gasteiger partial charge on any atom is 0.231 e. The molecular formula is C16H23N5O2. The third-order valence-electron chi connectivity index (χ3n) is 4.54. The van der Waals surface area contributed by atoms with Crippen molar-refractivity contribution in [3.05, 3.63) is 23.3 Å². The number of amides is 2. The number of carbonyl (C=O) groups excluding carboxylic acids is 2. The van der Waals surface area contributed by atoms with Gasteiger partial charge in [-0.2, -0.15) is 0 Å². The van der Waals surface area contributed by atoms with Gasteiger partial charge < -0.3 is 11.1 Å². The number of hydrogen-bond acceptors (Lipinski definition) is 5. The molecule has 2 amide bonds. The van der Waals surface area contributed by atoms with Crippen molar-refractivity contribution < 1.29 is 9.59 Å². The molecular weight excluding hydrogens is 294 g/mol.